The summed E-state index contributed by atoms with van der Waals surface area (Å²) < 4.78 is 5.14. The molecule has 0 spiro atoms. The van der Waals surface area contributed by atoms with Crippen LogP contribution in [0.15, 0.2) is 30.5 Å². The average molecular weight is 414 g/mol. The Morgan fingerprint density at radius 1 is 1.32 bits per heavy atom. The Balaban J connectivity index is 1.50. The molecule has 28 heavy (non-hydrogen) atoms. The van der Waals surface area contributed by atoms with Crippen LogP contribution < -0.4 is 10.2 Å². The van der Waals surface area contributed by atoms with Crippen molar-refractivity contribution in [2.24, 2.45) is 0 Å². The standard InChI is InChI=1S/C19H16ClN5O2S/c1-10-9-27-19(26)25(10)18-23-14-6-5-11-8-21-17(24-15(11)16(14)28-18)22-13-4-2-3-12(20)7-13/h2-4,7-8,10H,5-6,9H2,1H3,(H,21,22,24). The summed E-state index contributed by atoms with van der Waals surface area (Å²) >= 11 is 7.53. The molecule has 0 saturated carbocycles. The maximum Gasteiger partial charge on any atom is 0.416 e. The minimum Gasteiger partial charge on any atom is -0.447 e. The topological polar surface area (TPSA) is 80.2 Å². The highest BCUT2D eigenvalue weighted by Gasteiger charge is 2.35. The van der Waals surface area contributed by atoms with Crippen molar-refractivity contribution in [3.05, 3.63) is 46.7 Å². The number of anilines is 3. The van der Waals surface area contributed by atoms with E-state index in [1.807, 2.05) is 37.4 Å². The lowest BCUT2D eigenvalue weighted by molar-refractivity contribution is 0.179. The number of aromatic nitrogens is 3. The van der Waals surface area contributed by atoms with Crippen molar-refractivity contribution in [2.75, 3.05) is 16.8 Å². The van der Waals surface area contributed by atoms with E-state index in [-0.39, 0.29) is 12.1 Å². The van der Waals surface area contributed by atoms with Gasteiger partial charge in [-0.15, -0.1) is 0 Å². The number of nitrogens with zero attached hydrogens (tertiary/aromatic N) is 4. The summed E-state index contributed by atoms with van der Waals surface area (Å²) in [5.74, 6) is 0.498. The van der Waals surface area contributed by atoms with Crippen LogP contribution in [0.1, 0.15) is 18.2 Å². The molecule has 2 aromatic heterocycles. The molecular formula is C19H16ClN5O2S. The molecule has 1 fully saturated rings. The summed E-state index contributed by atoms with van der Waals surface area (Å²) in [5, 5.41) is 4.50. The third-order valence-corrected chi connectivity index (χ3v) is 6.11. The highest BCUT2D eigenvalue weighted by Crippen LogP contribution is 2.41. The minimum atomic E-state index is -0.343. The first-order chi connectivity index (χ1) is 13.6. The van der Waals surface area contributed by atoms with Crippen LogP contribution >= 0.6 is 22.9 Å². The fourth-order valence-electron chi connectivity index (χ4n) is 3.37. The monoisotopic (exact) mass is 413 g/mol. The molecule has 0 bridgehead atoms. The van der Waals surface area contributed by atoms with Crippen LogP contribution in [-0.4, -0.2) is 33.7 Å². The Labute approximate surface area is 170 Å². The third-order valence-electron chi connectivity index (χ3n) is 4.77. The van der Waals surface area contributed by atoms with Crippen LogP contribution in [0.5, 0.6) is 0 Å². The SMILES string of the molecule is CC1COC(=O)N1c1nc2c(s1)-c1nc(Nc3cccc(Cl)c3)ncc1CC2. The van der Waals surface area contributed by atoms with Crippen LogP contribution in [-0.2, 0) is 17.6 Å². The van der Waals surface area contributed by atoms with E-state index in [1.165, 1.54) is 11.3 Å². The van der Waals surface area contributed by atoms with Crippen LogP contribution in [0.25, 0.3) is 10.6 Å². The molecule has 1 aliphatic heterocycles. The average Bonchev–Trinajstić information content (AvgIpc) is 3.24. The molecular weight excluding hydrogens is 398 g/mol. The highest BCUT2D eigenvalue weighted by molar-refractivity contribution is 7.19. The first-order valence-electron chi connectivity index (χ1n) is 8.93. The number of hydrogen-bond acceptors (Lipinski definition) is 7. The number of carbonyl (C=O) groups excluding carboxylic acids is 1. The molecule has 9 heteroatoms. The van der Waals surface area contributed by atoms with Gasteiger partial charge in [0.25, 0.3) is 0 Å². The molecule has 5 rings (SSSR count). The summed E-state index contributed by atoms with van der Waals surface area (Å²) in [6.45, 7) is 2.34. The summed E-state index contributed by atoms with van der Waals surface area (Å²) in [7, 11) is 0. The number of carbonyl (C=O) groups is 1. The van der Waals surface area contributed by atoms with Gasteiger partial charge in [0, 0.05) is 16.9 Å². The van der Waals surface area contributed by atoms with Gasteiger partial charge in [0.2, 0.25) is 5.95 Å². The van der Waals surface area contributed by atoms with Crippen LogP contribution in [0.4, 0.5) is 21.6 Å². The fourth-order valence-corrected chi connectivity index (χ4v) is 4.79. The Morgan fingerprint density at radius 3 is 3.00 bits per heavy atom. The number of halogens is 1. The predicted octanol–water partition coefficient (Wildman–Crippen LogP) is 4.44. The number of hydrogen-bond donors (Lipinski definition) is 1. The van der Waals surface area contributed by atoms with E-state index in [0.29, 0.717) is 22.7 Å². The van der Waals surface area contributed by atoms with Gasteiger partial charge in [0.05, 0.1) is 22.3 Å². The molecule has 1 atom stereocenters. The van der Waals surface area contributed by atoms with Crippen molar-refractivity contribution < 1.29 is 9.53 Å². The number of amides is 1. The lowest BCUT2D eigenvalue weighted by atomic mass is 10.00. The van der Waals surface area contributed by atoms with Gasteiger partial charge < -0.3 is 10.1 Å². The van der Waals surface area contributed by atoms with Gasteiger partial charge >= 0.3 is 6.09 Å². The van der Waals surface area contributed by atoms with Crippen molar-refractivity contribution in [3.8, 4) is 10.6 Å². The molecule has 1 amide bonds. The molecule has 0 radical (unpaired) electrons. The van der Waals surface area contributed by atoms with Crippen molar-refractivity contribution in [1.29, 1.82) is 0 Å². The molecule has 2 aliphatic rings. The van der Waals surface area contributed by atoms with Crippen molar-refractivity contribution >= 4 is 45.8 Å². The quantitative estimate of drug-likeness (QED) is 0.683. The van der Waals surface area contributed by atoms with Gasteiger partial charge in [0.1, 0.15) is 6.61 Å². The Hall–Kier alpha value is -2.71. The van der Waals surface area contributed by atoms with Crippen molar-refractivity contribution in [3.63, 3.8) is 0 Å². The van der Waals surface area contributed by atoms with Gasteiger partial charge in [0.15, 0.2) is 5.13 Å². The van der Waals surface area contributed by atoms with Crippen molar-refractivity contribution in [2.45, 2.75) is 25.8 Å². The van der Waals surface area contributed by atoms with Crippen LogP contribution in [0, 0.1) is 0 Å². The van der Waals surface area contributed by atoms with Gasteiger partial charge in [-0.25, -0.2) is 24.6 Å². The molecule has 7 nitrogen and oxygen atoms in total. The van der Waals surface area contributed by atoms with Gasteiger partial charge in [-0.3, -0.25) is 0 Å². The molecule has 3 heterocycles. The molecule has 1 aromatic carbocycles. The minimum absolute atomic E-state index is 0.0231. The Kier molecular flexibility index (Phi) is 4.17. The predicted molar refractivity (Wildman–Crippen MR) is 109 cm³/mol. The first kappa shape index (κ1) is 17.4. The van der Waals surface area contributed by atoms with Crippen LogP contribution in [0.3, 0.4) is 0 Å². The molecule has 3 aromatic rings. The fraction of sp³-hybridized carbons (Fsp3) is 0.263. The smallest absolute Gasteiger partial charge is 0.416 e. The van der Waals surface area contributed by atoms with Crippen LogP contribution in [0.2, 0.25) is 5.02 Å². The van der Waals surface area contributed by atoms with E-state index in [1.54, 1.807) is 4.90 Å². The van der Waals surface area contributed by atoms with E-state index in [9.17, 15) is 4.79 Å². The summed E-state index contributed by atoms with van der Waals surface area (Å²) in [5.41, 5.74) is 3.73. The molecule has 1 saturated heterocycles. The highest BCUT2D eigenvalue weighted by atomic mass is 35.5. The zero-order chi connectivity index (χ0) is 19.3. The molecule has 1 N–H and O–H groups in total. The summed E-state index contributed by atoms with van der Waals surface area (Å²) in [6.07, 6.45) is 3.14. The number of aryl methyl sites for hydroxylation is 2. The maximum atomic E-state index is 12.1. The van der Waals surface area contributed by atoms with Gasteiger partial charge in [-0.05, 0) is 43.5 Å². The second kappa shape index (κ2) is 6.72. The molecule has 1 unspecified atom stereocenters. The zero-order valence-corrected chi connectivity index (χ0v) is 16.5. The molecule has 1 aliphatic carbocycles. The number of nitrogens with one attached hydrogen (secondary N) is 1. The number of thiazole rings is 1. The third kappa shape index (κ3) is 2.98. The summed E-state index contributed by atoms with van der Waals surface area (Å²) in [4.78, 5) is 28.5. The second-order valence-corrected chi connectivity index (χ2v) is 8.18. The normalized spacial score (nSPS) is 17.9. The Morgan fingerprint density at radius 2 is 2.21 bits per heavy atom. The van der Waals surface area contributed by atoms with E-state index in [0.717, 1.165) is 40.4 Å². The number of benzene rings is 1. The van der Waals surface area contributed by atoms with Gasteiger partial charge in [-0.2, -0.15) is 0 Å². The maximum absolute atomic E-state index is 12.1. The Bertz CT molecular complexity index is 1090. The van der Waals surface area contributed by atoms with Gasteiger partial charge in [-0.1, -0.05) is 29.0 Å². The first-order valence-corrected chi connectivity index (χ1v) is 10.1. The number of cyclic esters (lactones) is 1. The lowest BCUT2D eigenvalue weighted by Crippen LogP contribution is -2.30. The largest absolute Gasteiger partial charge is 0.447 e. The second-order valence-electron chi connectivity index (χ2n) is 6.77. The van der Waals surface area contributed by atoms with E-state index in [2.05, 4.69) is 10.3 Å². The number of ether oxygens (including phenoxy) is 1. The van der Waals surface area contributed by atoms with E-state index < -0.39 is 0 Å². The van der Waals surface area contributed by atoms with E-state index >= 15 is 0 Å². The zero-order valence-electron chi connectivity index (χ0n) is 15.0. The van der Waals surface area contributed by atoms with E-state index in [4.69, 9.17) is 26.3 Å². The van der Waals surface area contributed by atoms with Crippen molar-refractivity contribution in [1.82, 2.24) is 15.0 Å². The molecule has 142 valence electrons. The lowest BCUT2D eigenvalue weighted by Gasteiger charge is -2.15. The number of rotatable bonds is 3. The summed E-state index contributed by atoms with van der Waals surface area (Å²) in [6, 6.07) is 7.39. The number of fused-ring (bicyclic) bond motifs is 3.